The number of rotatable bonds is 6. The van der Waals surface area contributed by atoms with Crippen molar-refractivity contribution in [1.29, 1.82) is 0 Å². The SMILES string of the molecule is CC(=O)Nc1ccc(S(=O)(=O)C(C[N+](=O)[O-])c2ccc(Cl)cc2)cc1. The molecule has 7 nitrogen and oxygen atoms in total. The van der Waals surface area contributed by atoms with Crippen molar-refractivity contribution in [3.63, 3.8) is 0 Å². The molecule has 0 saturated carbocycles. The van der Waals surface area contributed by atoms with Gasteiger partial charge in [0.15, 0.2) is 15.1 Å². The Balaban J connectivity index is 2.42. The molecule has 0 bridgehead atoms. The van der Waals surface area contributed by atoms with Crippen LogP contribution in [0, 0.1) is 10.1 Å². The monoisotopic (exact) mass is 382 g/mol. The summed E-state index contributed by atoms with van der Waals surface area (Å²) in [7, 11) is -4.00. The average Bonchev–Trinajstić information content (AvgIpc) is 2.53. The summed E-state index contributed by atoms with van der Waals surface area (Å²) in [5, 5.41) is 12.6. The molecular formula is C16H15ClN2O5S. The van der Waals surface area contributed by atoms with E-state index in [0.29, 0.717) is 10.7 Å². The Labute approximate surface area is 149 Å². The Hall–Kier alpha value is -2.45. The van der Waals surface area contributed by atoms with Gasteiger partial charge < -0.3 is 5.32 Å². The molecule has 2 aromatic rings. The van der Waals surface area contributed by atoms with Crippen LogP contribution in [-0.4, -0.2) is 25.8 Å². The number of nitrogens with one attached hydrogen (secondary N) is 1. The minimum Gasteiger partial charge on any atom is -0.326 e. The van der Waals surface area contributed by atoms with Crippen LogP contribution >= 0.6 is 11.6 Å². The molecule has 9 heteroatoms. The molecule has 1 N–H and O–H groups in total. The van der Waals surface area contributed by atoms with E-state index >= 15 is 0 Å². The molecule has 0 heterocycles. The number of sulfone groups is 1. The maximum atomic E-state index is 12.9. The minimum atomic E-state index is -4.00. The lowest BCUT2D eigenvalue weighted by Crippen LogP contribution is -2.22. The highest BCUT2D eigenvalue weighted by Gasteiger charge is 2.33. The molecule has 2 rings (SSSR count). The van der Waals surface area contributed by atoms with Gasteiger partial charge in [0.1, 0.15) is 0 Å². The lowest BCUT2D eigenvalue weighted by molar-refractivity contribution is -0.479. The van der Waals surface area contributed by atoms with Crippen molar-refractivity contribution in [3.8, 4) is 0 Å². The number of amides is 1. The summed E-state index contributed by atoms with van der Waals surface area (Å²) in [5.74, 6) is -0.289. The van der Waals surface area contributed by atoms with Gasteiger partial charge in [-0.2, -0.15) is 0 Å². The zero-order chi connectivity index (χ0) is 18.6. The second-order valence-corrected chi connectivity index (χ2v) is 7.87. The predicted octanol–water partition coefficient (Wildman–Crippen LogP) is 3.09. The van der Waals surface area contributed by atoms with Crippen LogP contribution in [-0.2, 0) is 14.6 Å². The van der Waals surface area contributed by atoms with Gasteiger partial charge in [-0.1, -0.05) is 23.7 Å². The normalized spacial score (nSPS) is 12.4. The molecule has 2 aromatic carbocycles. The van der Waals surface area contributed by atoms with Crippen LogP contribution in [0.1, 0.15) is 17.7 Å². The number of benzene rings is 2. The fraction of sp³-hybridized carbons (Fsp3) is 0.188. The molecule has 25 heavy (non-hydrogen) atoms. The first-order valence-electron chi connectivity index (χ1n) is 7.19. The number of carbonyl (C=O) groups is 1. The third-order valence-electron chi connectivity index (χ3n) is 3.43. The maximum Gasteiger partial charge on any atom is 0.225 e. The lowest BCUT2D eigenvalue weighted by Gasteiger charge is -2.15. The topological polar surface area (TPSA) is 106 Å². The zero-order valence-electron chi connectivity index (χ0n) is 13.2. The van der Waals surface area contributed by atoms with Gasteiger partial charge in [-0.25, -0.2) is 8.42 Å². The predicted molar refractivity (Wildman–Crippen MR) is 94.0 cm³/mol. The third kappa shape index (κ3) is 4.77. The first-order valence-corrected chi connectivity index (χ1v) is 9.11. The van der Waals surface area contributed by atoms with E-state index in [1.807, 2.05) is 0 Å². The second kappa shape index (κ2) is 7.62. The summed E-state index contributed by atoms with van der Waals surface area (Å²) in [6.07, 6.45) is 0. The van der Waals surface area contributed by atoms with Crippen LogP contribution in [0.15, 0.2) is 53.4 Å². The van der Waals surface area contributed by atoms with Crippen LogP contribution in [0.2, 0.25) is 5.02 Å². The largest absolute Gasteiger partial charge is 0.326 e. The Bertz CT molecular complexity index is 880. The molecular weight excluding hydrogens is 368 g/mol. The van der Waals surface area contributed by atoms with Gasteiger partial charge in [0.05, 0.1) is 4.90 Å². The molecule has 0 aromatic heterocycles. The summed E-state index contributed by atoms with van der Waals surface area (Å²) in [6.45, 7) is 0.565. The highest BCUT2D eigenvalue weighted by atomic mass is 35.5. The molecule has 0 radical (unpaired) electrons. The van der Waals surface area contributed by atoms with Crippen molar-refractivity contribution in [3.05, 3.63) is 69.2 Å². The second-order valence-electron chi connectivity index (χ2n) is 5.31. The van der Waals surface area contributed by atoms with Crippen molar-refractivity contribution in [2.45, 2.75) is 17.1 Å². The van der Waals surface area contributed by atoms with Gasteiger partial charge in [0, 0.05) is 22.6 Å². The lowest BCUT2D eigenvalue weighted by atomic mass is 10.1. The van der Waals surface area contributed by atoms with Crippen LogP contribution in [0.4, 0.5) is 5.69 Å². The van der Waals surface area contributed by atoms with Gasteiger partial charge in [-0.05, 0) is 42.0 Å². The summed E-state index contributed by atoms with van der Waals surface area (Å²) in [6, 6.07) is 11.4. The summed E-state index contributed by atoms with van der Waals surface area (Å²) >= 11 is 5.79. The molecule has 132 valence electrons. The van der Waals surface area contributed by atoms with Crippen LogP contribution in [0.5, 0.6) is 0 Å². The Kier molecular flexibility index (Phi) is 5.76. The van der Waals surface area contributed by atoms with E-state index < -0.39 is 26.6 Å². The number of nitrogens with zero attached hydrogens (tertiary/aromatic N) is 1. The van der Waals surface area contributed by atoms with Gasteiger partial charge in [-0.3, -0.25) is 14.9 Å². The quantitative estimate of drug-likeness (QED) is 0.610. The molecule has 0 saturated heterocycles. The van der Waals surface area contributed by atoms with E-state index in [1.54, 1.807) is 0 Å². The molecule has 0 aliphatic carbocycles. The zero-order valence-corrected chi connectivity index (χ0v) is 14.8. The van der Waals surface area contributed by atoms with Crippen molar-refractivity contribution in [1.82, 2.24) is 0 Å². The van der Waals surface area contributed by atoms with E-state index in [4.69, 9.17) is 11.6 Å². The number of hydrogen-bond acceptors (Lipinski definition) is 5. The molecule has 0 aliphatic heterocycles. The van der Waals surface area contributed by atoms with Gasteiger partial charge in [-0.15, -0.1) is 0 Å². The Morgan fingerprint density at radius 1 is 1.16 bits per heavy atom. The molecule has 1 atom stereocenters. The number of hydrogen-bond donors (Lipinski definition) is 1. The summed E-state index contributed by atoms with van der Waals surface area (Å²) in [4.78, 5) is 21.3. The summed E-state index contributed by atoms with van der Waals surface area (Å²) in [5.41, 5.74) is 0.718. The van der Waals surface area contributed by atoms with Crippen LogP contribution < -0.4 is 5.32 Å². The molecule has 0 fully saturated rings. The number of carbonyl (C=O) groups excluding carboxylic acids is 1. The van der Waals surface area contributed by atoms with E-state index in [-0.39, 0.29) is 16.4 Å². The fourth-order valence-corrected chi connectivity index (χ4v) is 4.09. The van der Waals surface area contributed by atoms with E-state index in [9.17, 15) is 23.3 Å². The average molecular weight is 383 g/mol. The van der Waals surface area contributed by atoms with Gasteiger partial charge in [0.25, 0.3) is 0 Å². The molecule has 0 aliphatic rings. The molecule has 1 unspecified atom stereocenters. The maximum absolute atomic E-state index is 12.9. The summed E-state index contributed by atoms with van der Waals surface area (Å²) < 4.78 is 25.7. The minimum absolute atomic E-state index is 0.0663. The first-order chi connectivity index (χ1) is 11.7. The number of anilines is 1. The van der Waals surface area contributed by atoms with E-state index in [1.165, 1.54) is 55.5 Å². The van der Waals surface area contributed by atoms with Crippen molar-refractivity contribution in [2.24, 2.45) is 0 Å². The van der Waals surface area contributed by atoms with Crippen molar-refractivity contribution < 1.29 is 18.1 Å². The standard InChI is InChI=1S/C16H15ClN2O5S/c1-11(20)18-14-6-8-15(9-7-14)25(23,24)16(10-19(21)22)12-2-4-13(17)5-3-12/h2-9,16H,10H2,1H3,(H,18,20). The molecule has 0 spiro atoms. The highest BCUT2D eigenvalue weighted by Crippen LogP contribution is 2.30. The Morgan fingerprint density at radius 2 is 1.72 bits per heavy atom. The van der Waals surface area contributed by atoms with Gasteiger partial charge in [0.2, 0.25) is 12.5 Å². The van der Waals surface area contributed by atoms with Crippen molar-refractivity contribution in [2.75, 3.05) is 11.9 Å². The van der Waals surface area contributed by atoms with Crippen LogP contribution in [0.25, 0.3) is 0 Å². The number of halogens is 1. The number of nitro groups is 1. The van der Waals surface area contributed by atoms with Crippen molar-refractivity contribution >= 4 is 33.0 Å². The van der Waals surface area contributed by atoms with Gasteiger partial charge >= 0.3 is 0 Å². The van der Waals surface area contributed by atoms with E-state index in [0.717, 1.165) is 0 Å². The Morgan fingerprint density at radius 3 is 2.20 bits per heavy atom. The first kappa shape index (κ1) is 18.9. The van der Waals surface area contributed by atoms with Crippen LogP contribution in [0.3, 0.4) is 0 Å². The highest BCUT2D eigenvalue weighted by molar-refractivity contribution is 7.91. The smallest absolute Gasteiger partial charge is 0.225 e. The molecule has 1 amide bonds. The third-order valence-corrected chi connectivity index (χ3v) is 5.79. The fourth-order valence-electron chi connectivity index (χ4n) is 2.29. The van der Waals surface area contributed by atoms with E-state index in [2.05, 4.69) is 5.32 Å².